The van der Waals surface area contributed by atoms with E-state index in [9.17, 15) is 4.39 Å². The maximum absolute atomic E-state index is 13.7. The maximum Gasteiger partial charge on any atom is 0.316 e. The zero-order valence-corrected chi connectivity index (χ0v) is 14.2. The van der Waals surface area contributed by atoms with E-state index in [1.165, 1.54) is 0 Å². The Labute approximate surface area is 146 Å². The molecule has 2 aliphatic heterocycles. The molecule has 4 heterocycles. The number of halogens is 3. The monoisotopic (exact) mass is 360 g/mol. The molecular formula is C15H19Cl2FN4O. The van der Waals surface area contributed by atoms with E-state index >= 15 is 0 Å². The van der Waals surface area contributed by atoms with Crippen LogP contribution in [0.4, 0.5) is 4.39 Å². The van der Waals surface area contributed by atoms with Gasteiger partial charge in [0.1, 0.15) is 12.8 Å². The van der Waals surface area contributed by atoms with E-state index < -0.39 is 6.17 Å². The molecule has 2 aromatic rings. The zero-order valence-electron chi connectivity index (χ0n) is 12.5. The van der Waals surface area contributed by atoms with Crippen LogP contribution in [0.3, 0.4) is 0 Å². The van der Waals surface area contributed by atoms with E-state index in [4.69, 9.17) is 4.74 Å². The molecule has 2 aromatic heterocycles. The number of alkyl halides is 1. The van der Waals surface area contributed by atoms with Gasteiger partial charge in [0.25, 0.3) is 0 Å². The molecular weight excluding hydrogens is 342 g/mol. The van der Waals surface area contributed by atoms with Crippen molar-refractivity contribution in [2.24, 2.45) is 0 Å². The highest BCUT2D eigenvalue weighted by molar-refractivity contribution is 5.85. The lowest BCUT2D eigenvalue weighted by molar-refractivity contribution is 0.107. The van der Waals surface area contributed by atoms with Crippen LogP contribution < -0.4 is 4.74 Å². The summed E-state index contributed by atoms with van der Waals surface area (Å²) in [6.07, 6.45) is 7.05. The first-order chi connectivity index (χ1) is 10.3. The van der Waals surface area contributed by atoms with Crippen molar-refractivity contribution in [3.8, 4) is 6.01 Å². The molecule has 2 fully saturated rings. The van der Waals surface area contributed by atoms with Gasteiger partial charge in [0.05, 0.1) is 11.1 Å². The van der Waals surface area contributed by atoms with Gasteiger partial charge in [-0.2, -0.15) is 4.98 Å². The Kier molecular flexibility index (Phi) is 5.60. The molecule has 2 atom stereocenters. The number of pyridine rings is 1. The lowest BCUT2D eigenvalue weighted by Crippen LogP contribution is -2.43. The summed E-state index contributed by atoms with van der Waals surface area (Å²) in [5.41, 5.74) is 0.654. The second-order valence-electron chi connectivity index (χ2n) is 5.95. The van der Waals surface area contributed by atoms with E-state index in [0.717, 1.165) is 30.3 Å². The van der Waals surface area contributed by atoms with Crippen LogP contribution in [0.1, 0.15) is 19.3 Å². The van der Waals surface area contributed by atoms with E-state index in [0.29, 0.717) is 25.6 Å². The number of hydrogen-bond acceptors (Lipinski definition) is 5. The molecule has 5 nitrogen and oxygen atoms in total. The molecule has 126 valence electrons. The molecule has 0 amide bonds. The predicted octanol–water partition coefficient (Wildman–Crippen LogP) is 2.82. The van der Waals surface area contributed by atoms with E-state index in [1.54, 1.807) is 18.6 Å². The molecule has 0 N–H and O–H groups in total. The Balaban J connectivity index is 0.000000960. The number of aromatic nitrogens is 3. The molecule has 0 radical (unpaired) electrons. The average Bonchev–Trinajstić information content (AvgIpc) is 3.01. The van der Waals surface area contributed by atoms with Crippen LogP contribution in [0, 0.1) is 0 Å². The van der Waals surface area contributed by atoms with E-state index in [1.807, 2.05) is 6.07 Å². The van der Waals surface area contributed by atoms with Crippen molar-refractivity contribution < 1.29 is 9.13 Å². The lowest BCUT2D eigenvalue weighted by Gasteiger charge is -2.30. The maximum atomic E-state index is 13.7. The Morgan fingerprint density at radius 2 is 2.22 bits per heavy atom. The summed E-state index contributed by atoms with van der Waals surface area (Å²) in [5, 5.41) is 0.884. The van der Waals surface area contributed by atoms with Gasteiger partial charge in [-0.3, -0.25) is 9.88 Å². The molecule has 4 rings (SSSR count). The van der Waals surface area contributed by atoms with Crippen LogP contribution in [0.5, 0.6) is 6.01 Å². The summed E-state index contributed by atoms with van der Waals surface area (Å²) >= 11 is 0. The summed E-state index contributed by atoms with van der Waals surface area (Å²) in [7, 11) is 0. The van der Waals surface area contributed by atoms with Crippen LogP contribution in [0.25, 0.3) is 10.9 Å². The first kappa shape index (κ1) is 18.1. The van der Waals surface area contributed by atoms with Gasteiger partial charge in [-0.1, -0.05) is 0 Å². The highest BCUT2D eigenvalue weighted by atomic mass is 35.5. The van der Waals surface area contributed by atoms with Crippen molar-refractivity contribution in [2.45, 2.75) is 31.0 Å². The van der Waals surface area contributed by atoms with E-state index in [2.05, 4.69) is 19.9 Å². The normalized spacial score (nSPS) is 26.4. The average molecular weight is 361 g/mol. The summed E-state index contributed by atoms with van der Waals surface area (Å²) in [4.78, 5) is 14.9. The van der Waals surface area contributed by atoms with Crippen LogP contribution in [-0.4, -0.2) is 51.3 Å². The highest BCUT2D eigenvalue weighted by Gasteiger charge is 2.49. The molecule has 2 saturated heterocycles. The second kappa shape index (κ2) is 7.11. The van der Waals surface area contributed by atoms with Gasteiger partial charge in [-0.15, -0.1) is 24.8 Å². The standard InChI is InChI=1S/C15H17FN4O.2ClH/c16-12-6-15(3-1-5-20(15)9-12)10-21-14-18-8-11-7-17-4-2-13(11)19-14;;/h2,4,7-8,12H,1,3,5-6,9-10H2;2*1H. The largest absolute Gasteiger partial charge is 0.461 e. The lowest BCUT2D eigenvalue weighted by atomic mass is 9.95. The first-order valence-corrected chi connectivity index (χ1v) is 7.34. The minimum Gasteiger partial charge on any atom is -0.461 e. The third-order valence-corrected chi connectivity index (χ3v) is 4.59. The van der Waals surface area contributed by atoms with Crippen LogP contribution in [0.2, 0.25) is 0 Å². The fourth-order valence-corrected chi connectivity index (χ4v) is 3.57. The van der Waals surface area contributed by atoms with E-state index in [-0.39, 0.29) is 30.4 Å². The van der Waals surface area contributed by atoms with Crippen molar-refractivity contribution >= 4 is 35.7 Å². The van der Waals surface area contributed by atoms with Gasteiger partial charge in [0, 0.05) is 36.9 Å². The third-order valence-electron chi connectivity index (χ3n) is 4.59. The summed E-state index contributed by atoms with van der Waals surface area (Å²) in [6.45, 7) is 1.96. The third kappa shape index (κ3) is 3.34. The van der Waals surface area contributed by atoms with Gasteiger partial charge in [0.15, 0.2) is 0 Å². The molecule has 0 saturated carbocycles. The minimum atomic E-state index is -0.738. The molecule has 2 aliphatic rings. The Morgan fingerprint density at radius 3 is 3.09 bits per heavy atom. The van der Waals surface area contributed by atoms with Crippen molar-refractivity contribution in [3.63, 3.8) is 0 Å². The number of ether oxygens (including phenoxy) is 1. The fraction of sp³-hybridized carbons (Fsp3) is 0.533. The molecule has 8 heteroatoms. The summed E-state index contributed by atoms with van der Waals surface area (Å²) in [5.74, 6) is 0. The number of nitrogens with zero attached hydrogens (tertiary/aromatic N) is 4. The van der Waals surface area contributed by atoms with Crippen LogP contribution in [-0.2, 0) is 0 Å². The van der Waals surface area contributed by atoms with Gasteiger partial charge in [0.2, 0.25) is 0 Å². The Bertz CT molecular complexity index is 677. The number of hydrogen-bond donors (Lipinski definition) is 0. The Hall–Kier alpha value is -1.24. The SMILES string of the molecule is Cl.Cl.FC1CN2CCCC2(COc2ncc3cnccc3n2)C1. The van der Waals surface area contributed by atoms with Crippen LogP contribution in [0.15, 0.2) is 24.7 Å². The quantitative estimate of drug-likeness (QED) is 0.842. The first-order valence-electron chi connectivity index (χ1n) is 7.34. The van der Waals surface area contributed by atoms with Crippen LogP contribution >= 0.6 is 24.8 Å². The smallest absolute Gasteiger partial charge is 0.316 e. The summed E-state index contributed by atoms with van der Waals surface area (Å²) in [6, 6.07) is 2.19. The molecule has 0 aliphatic carbocycles. The van der Waals surface area contributed by atoms with Gasteiger partial charge in [-0.05, 0) is 25.5 Å². The van der Waals surface area contributed by atoms with Crippen molar-refractivity contribution in [2.75, 3.05) is 19.7 Å². The number of fused-ring (bicyclic) bond motifs is 2. The molecule has 0 aromatic carbocycles. The number of rotatable bonds is 3. The zero-order chi connectivity index (χ0) is 14.3. The topological polar surface area (TPSA) is 51.1 Å². The summed E-state index contributed by atoms with van der Waals surface area (Å²) < 4.78 is 19.5. The Morgan fingerprint density at radius 1 is 1.35 bits per heavy atom. The molecule has 0 spiro atoms. The fourth-order valence-electron chi connectivity index (χ4n) is 3.57. The van der Waals surface area contributed by atoms with Crippen molar-refractivity contribution in [1.82, 2.24) is 19.9 Å². The van der Waals surface area contributed by atoms with Crippen molar-refractivity contribution in [3.05, 3.63) is 24.7 Å². The molecule has 23 heavy (non-hydrogen) atoms. The van der Waals surface area contributed by atoms with Gasteiger partial charge in [-0.25, -0.2) is 9.37 Å². The highest BCUT2D eigenvalue weighted by Crippen LogP contribution is 2.40. The van der Waals surface area contributed by atoms with Crippen molar-refractivity contribution in [1.29, 1.82) is 0 Å². The molecule has 0 bridgehead atoms. The minimum absolute atomic E-state index is 0. The van der Waals surface area contributed by atoms with Gasteiger partial charge < -0.3 is 4.74 Å². The molecule has 2 unspecified atom stereocenters. The van der Waals surface area contributed by atoms with Gasteiger partial charge >= 0.3 is 6.01 Å². The second-order valence-corrected chi connectivity index (χ2v) is 5.95. The predicted molar refractivity (Wildman–Crippen MR) is 90.4 cm³/mol.